The van der Waals surface area contributed by atoms with Crippen molar-refractivity contribution in [1.82, 2.24) is 4.72 Å². The normalized spacial score (nSPS) is 36.7. The van der Waals surface area contributed by atoms with Crippen LogP contribution in [0.4, 0.5) is 0 Å². The van der Waals surface area contributed by atoms with Crippen LogP contribution >= 0.6 is 15.9 Å². The topological polar surface area (TPSA) is 46.2 Å². The van der Waals surface area contributed by atoms with Crippen molar-refractivity contribution in [3.8, 4) is 0 Å². The molecule has 0 heterocycles. The molecule has 0 aromatic heterocycles. The molecule has 2 aliphatic rings. The van der Waals surface area contributed by atoms with Crippen molar-refractivity contribution < 1.29 is 8.42 Å². The van der Waals surface area contributed by atoms with Crippen molar-refractivity contribution in [1.29, 1.82) is 0 Å². The molecular formula is C17H24BrNO2S. The second kappa shape index (κ2) is 5.05. The van der Waals surface area contributed by atoms with Gasteiger partial charge in [-0.05, 0) is 56.1 Å². The van der Waals surface area contributed by atoms with Gasteiger partial charge in [0.15, 0.2) is 0 Å². The number of hydrogen-bond donors (Lipinski definition) is 1. The van der Waals surface area contributed by atoms with E-state index in [0.29, 0.717) is 22.1 Å². The van der Waals surface area contributed by atoms with E-state index in [1.165, 1.54) is 0 Å². The monoisotopic (exact) mass is 385 g/mol. The Morgan fingerprint density at radius 1 is 1.14 bits per heavy atom. The number of fused-ring (bicyclic) bond motifs is 1. The Kier molecular flexibility index (Phi) is 3.78. The number of aryl methyl sites for hydroxylation is 1. The third-order valence-electron chi connectivity index (χ3n) is 5.78. The molecule has 22 heavy (non-hydrogen) atoms. The summed E-state index contributed by atoms with van der Waals surface area (Å²) in [4.78, 5) is 0.513. The molecule has 3 nitrogen and oxygen atoms in total. The molecule has 0 bridgehead atoms. The molecule has 0 aliphatic heterocycles. The van der Waals surface area contributed by atoms with Gasteiger partial charge in [0, 0.05) is 10.4 Å². The zero-order chi connectivity index (χ0) is 16.3. The van der Waals surface area contributed by atoms with Crippen LogP contribution in [0.5, 0.6) is 0 Å². The molecule has 1 N–H and O–H groups in total. The maximum atomic E-state index is 12.7. The number of halogens is 1. The minimum Gasteiger partial charge on any atom is -0.207 e. The van der Waals surface area contributed by atoms with Gasteiger partial charge >= 0.3 is 0 Å². The van der Waals surface area contributed by atoms with Gasteiger partial charge < -0.3 is 0 Å². The summed E-state index contributed by atoms with van der Waals surface area (Å²) in [5.41, 5.74) is 0.973. The lowest BCUT2D eigenvalue weighted by Gasteiger charge is -2.38. The molecule has 1 aromatic rings. The SMILES string of the molecule is Cc1ccc(S(=O)(=O)N[C@]2(C)C[C@H]3[C@@H](C[C@H]2Br)C3(C)C)cc1. The van der Waals surface area contributed by atoms with Crippen LogP contribution in [0.2, 0.25) is 0 Å². The molecule has 0 radical (unpaired) electrons. The smallest absolute Gasteiger partial charge is 0.207 e. The minimum atomic E-state index is -3.49. The fraction of sp³-hybridized carbons (Fsp3) is 0.647. The van der Waals surface area contributed by atoms with E-state index in [2.05, 4.69) is 34.5 Å². The number of benzene rings is 1. The van der Waals surface area contributed by atoms with Crippen molar-refractivity contribution >= 4 is 26.0 Å². The molecule has 122 valence electrons. The van der Waals surface area contributed by atoms with Crippen LogP contribution in [0.15, 0.2) is 29.2 Å². The van der Waals surface area contributed by atoms with Crippen molar-refractivity contribution in [3.05, 3.63) is 29.8 Å². The van der Waals surface area contributed by atoms with Gasteiger partial charge in [-0.25, -0.2) is 13.1 Å². The summed E-state index contributed by atoms with van der Waals surface area (Å²) in [5, 5.41) is 0. The van der Waals surface area contributed by atoms with Crippen LogP contribution in [-0.2, 0) is 10.0 Å². The van der Waals surface area contributed by atoms with E-state index >= 15 is 0 Å². The summed E-state index contributed by atoms with van der Waals surface area (Å²) in [6.45, 7) is 8.57. The lowest BCUT2D eigenvalue weighted by Crippen LogP contribution is -2.54. The molecule has 0 amide bonds. The van der Waals surface area contributed by atoms with Crippen LogP contribution < -0.4 is 4.72 Å². The van der Waals surface area contributed by atoms with E-state index in [-0.39, 0.29) is 4.83 Å². The summed E-state index contributed by atoms with van der Waals surface area (Å²) < 4.78 is 28.4. The third-order valence-corrected chi connectivity index (χ3v) is 8.79. The zero-order valence-corrected chi connectivity index (χ0v) is 16.0. The quantitative estimate of drug-likeness (QED) is 0.802. The fourth-order valence-electron chi connectivity index (χ4n) is 3.99. The maximum Gasteiger partial charge on any atom is 0.241 e. The third kappa shape index (κ3) is 2.65. The molecule has 2 fully saturated rings. The van der Waals surface area contributed by atoms with Crippen LogP contribution in [0.1, 0.15) is 39.2 Å². The lowest BCUT2D eigenvalue weighted by atomic mass is 9.84. The number of alkyl halides is 1. The molecule has 5 heteroatoms. The first kappa shape index (κ1) is 16.5. The van der Waals surface area contributed by atoms with Crippen molar-refractivity contribution in [2.45, 2.75) is 55.8 Å². The molecule has 0 unspecified atom stereocenters. The average Bonchev–Trinajstić information content (AvgIpc) is 2.90. The van der Waals surface area contributed by atoms with Crippen molar-refractivity contribution in [2.75, 3.05) is 0 Å². The van der Waals surface area contributed by atoms with E-state index in [1.807, 2.05) is 26.0 Å². The van der Waals surface area contributed by atoms with E-state index in [0.717, 1.165) is 18.4 Å². The van der Waals surface area contributed by atoms with Crippen molar-refractivity contribution in [2.24, 2.45) is 17.3 Å². The highest BCUT2D eigenvalue weighted by Crippen LogP contribution is 2.67. The Morgan fingerprint density at radius 2 is 1.73 bits per heavy atom. The molecule has 0 spiro atoms. The van der Waals surface area contributed by atoms with E-state index in [4.69, 9.17) is 0 Å². The largest absolute Gasteiger partial charge is 0.241 e. The maximum absolute atomic E-state index is 12.7. The number of sulfonamides is 1. The Morgan fingerprint density at radius 3 is 2.32 bits per heavy atom. The Labute approximate surface area is 142 Å². The summed E-state index contributed by atoms with van der Waals surface area (Å²) in [6.07, 6.45) is 1.93. The second-order valence-corrected chi connectivity index (χ2v) is 10.6. The average molecular weight is 386 g/mol. The minimum absolute atomic E-state index is 0.170. The van der Waals surface area contributed by atoms with Gasteiger partial charge in [-0.1, -0.05) is 47.5 Å². The van der Waals surface area contributed by atoms with Crippen LogP contribution in [-0.4, -0.2) is 18.8 Å². The zero-order valence-electron chi connectivity index (χ0n) is 13.6. The van der Waals surface area contributed by atoms with Gasteiger partial charge in [0.2, 0.25) is 10.0 Å². The van der Waals surface area contributed by atoms with E-state index in [9.17, 15) is 8.42 Å². The summed E-state index contributed by atoms with van der Waals surface area (Å²) in [5.74, 6) is 1.33. The molecule has 2 saturated carbocycles. The highest BCUT2D eigenvalue weighted by molar-refractivity contribution is 9.09. The summed E-state index contributed by atoms with van der Waals surface area (Å²) >= 11 is 3.74. The molecule has 1 aromatic carbocycles. The second-order valence-electron chi connectivity index (χ2n) is 7.78. The number of rotatable bonds is 3. The predicted molar refractivity (Wildman–Crippen MR) is 92.6 cm³/mol. The first-order chi connectivity index (χ1) is 10.1. The van der Waals surface area contributed by atoms with Gasteiger partial charge in [0.05, 0.1) is 4.90 Å². The van der Waals surface area contributed by atoms with Crippen LogP contribution in [0.3, 0.4) is 0 Å². The first-order valence-corrected chi connectivity index (χ1v) is 10.2. The molecular weight excluding hydrogens is 362 g/mol. The summed E-state index contributed by atoms with van der Waals surface area (Å²) in [6, 6.07) is 7.03. The van der Waals surface area contributed by atoms with Gasteiger partial charge in [-0.2, -0.15) is 0 Å². The van der Waals surface area contributed by atoms with Gasteiger partial charge in [0.25, 0.3) is 0 Å². The fourth-order valence-corrected chi connectivity index (χ4v) is 6.29. The highest BCUT2D eigenvalue weighted by Gasteiger charge is 2.64. The predicted octanol–water partition coefficient (Wildman–Crippen LogP) is 3.86. The molecule has 0 saturated heterocycles. The van der Waals surface area contributed by atoms with Crippen LogP contribution in [0, 0.1) is 24.2 Å². The number of nitrogens with one attached hydrogen (secondary N) is 1. The van der Waals surface area contributed by atoms with Gasteiger partial charge in [-0.15, -0.1) is 0 Å². The Balaban J connectivity index is 1.83. The standard InChI is InChI=1S/C17H24BrNO2S/c1-11-5-7-12(8-6-11)22(20,21)19-17(4)10-14-13(9-15(17)18)16(14,2)3/h5-8,13-15,19H,9-10H2,1-4H3/t13-,14+,15-,17-/m1/s1. The van der Waals surface area contributed by atoms with Crippen molar-refractivity contribution in [3.63, 3.8) is 0 Å². The Hall–Kier alpha value is -0.390. The summed E-state index contributed by atoms with van der Waals surface area (Å²) in [7, 11) is -3.49. The Bertz CT molecular complexity index is 683. The van der Waals surface area contributed by atoms with Gasteiger partial charge in [-0.3, -0.25) is 0 Å². The lowest BCUT2D eigenvalue weighted by molar-refractivity contribution is 0.295. The first-order valence-electron chi connectivity index (χ1n) is 7.81. The molecule has 3 rings (SSSR count). The van der Waals surface area contributed by atoms with Gasteiger partial charge in [0.1, 0.15) is 0 Å². The molecule has 2 aliphatic carbocycles. The highest BCUT2D eigenvalue weighted by atomic mass is 79.9. The van der Waals surface area contributed by atoms with Crippen LogP contribution in [0.25, 0.3) is 0 Å². The molecule has 4 atom stereocenters. The van der Waals surface area contributed by atoms with E-state index < -0.39 is 15.6 Å². The number of hydrogen-bond acceptors (Lipinski definition) is 2. The van der Waals surface area contributed by atoms with E-state index in [1.54, 1.807) is 12.1 Å².